The predicted molar refractivity (Wildman–Crippen MR) is 117 cm³/mol. The maximum absolute atomic E-state index is 13.1. The summed E-state index contributed by atoms with van der Waals surface area (Å²) in [6.45, 7) is 1.96. The van der Waals surface area contributed by atoms with Crippen molar-refractivity contribution in [2.24, 2.45) is 11.8 Å². The van der Waals surface area contributed by atoms with E-state index in [4.69, 9.17) is 9.47 Å². The molecule has 9 heteroatoms. The molecule has 3 aliphatic rings. The van der Waals surface area contributed by atoms with Gasteiger partial charge in [-0.2, -0.15) is 0 Å². The molecule has 0 N–H and O–H groups in total. The summed E-state index contributed by atoms with van der Waals surface area (Å²) in [4.78, 5) is 46.8. The number of rotatable bonds is 4. The Kier molecular flexibility index (Phi) is 5.27. The van der Waals surface area contributed by atoms with E-state index in [9.17, 15) is 14.4 Å². The summed E-state index contributed by atoms with van der Waals surface area (Å²) in [6.07, 6.45) is 5.08. The molecule has 2 amide bonds. The molecule has 2 bridgehead atoms. The number of hydrogen-bond acceptors (Lipinski definition) is 6. The molecule has 0 aliphatic carbocycles. The van der Waals surface area contributed by atoms with Crippen molar-refractivity contribution in [3.8, 4) is 11.5 Å². The number of nitrogens with zero attached hydrogens (tertiary/aromatic N) is 4. The second-order valence-electron chi connectivity index (χ2n) is 9.07. The van der Waals surface area contributed by atoms with Gasteiger partial charge in [-0.15, -0.1) is 0 Å². The molecule has 170 valence electrons. The molecule has 3 saturated heterocycles. The number of amides is 2. The van der Waals surface area contributed by atoms with E-state index in [1.807, 2.05) is 4.90 Å². The van der Waals surface area contributed by atoms with Gasteiger partial charge in [-0.1, -0.05) is 0 Å². The normalized spacial score (nSPS) is 24.9. The van der Waals surface area contributed by atoms with Crippen LogP contribution in [0.1, 0.15) is 25.7 Å². The number of aromatic nitrogens is 2. The van der Waals surface area contributed by atoms with Crippen LogP contribution >= 0.6 is 0 Å². The van der Waals surface area contributed by atoms with Crippen LogP contribution in [-0.4, -0.2) is 71.1 Å². The largest absolute Gasteiger partial charge is 0.493 e. The average molecular weight is 441 g/mol. The summed E-state index contributed by atoms with van der Waals surface area (Å²) >= 11 is 0. The highest BCUT2D eigenvalue weighted by molar-refractivity contribution is 5.82. The zero-order valence-corrected chi connectivity index (χ0v) is 18.5. The minimum absolute atomic E-state index is 0.0527. The molecule has 0 unspecified atom stereocenters. The van der Waals surface area contributed by atoms with Gasteiger partial charge in [-0.05, 0) is 37.2 Å². The highest BCUT2D eigenvalue weighted by Gasteiger charge is 2.44. The van der Waals surface area contributed by atoms with Gasteiger partial charge >= 0.3 is 0 Å². The summed E-state index contributed by atoms with van der Waals surface area (Å²) in [5.74, 6) is 1.74. The van der Waals surface area contributed by atoms with Gasteiger partial charge in [-0.3, -0.25) is 19.0 Å². The molecule has 4 heterocycles. The summed E-state index contributed by atoms with van der Waals surface area (Å²) in [6, 6.07) is 3.51. The van der Waals surface area contributed by atoms with Crippen LogP contribution in [0.5, 0.6) is 11.5 Å². The smallest absolute Gasteiger partial charge is 0.261 e. The van der Waals surface area contributed by atoms with Crippen molar-refractivity contribution >= 4 is 22.7 Å². The number of benzene rings is 1. The molecule has 5 rings (SSSR count). The minimum atomic E-state index is -0.287. The molecule has 2 aromatic rings. The molecule has 1 aromatic carbocycles. The Labute approximate surface area is 185 Å². The number of methoxy groups -OCH3 is 2. The maximum atomic E-state index is 13.1. The Morgan fingerprint density at radius 1 is 1.12 bits per heavy atom. The zero-order valence-electron chi connectivity index (χ0n) is 18.5. The lowest BCUT2D eigenvalue weighted by Gasteiger charge is -2.52. The Hall–Kier alpha value is -3.10. The fourth-order valence-electron chi connectivity index (χ4n) is 5.66. The SMILES string of the molecule is COc1cc2ncn(CC(=O)N3C[C@H]4C[C@@H](C3)[C@H]3CCCC(=O)N3C4)c(=O)c2cc1OC. The third kappa shape index (κ3) is 3.49. The summed E-state index contributed by atoms with van der Waals surface area (Å²) in [5.41, 5.74) is 0.205. The summed E-state index contributed by atoms with van der Waals surface area (Å²) in [7, 11) is 3.04. The second kappa shape index (κ2) is 8.11. The van der Waals surface area contributed by atoms with Gasteiger partial charge in [0, 0.05) is 38.2 Å². The lowest BCUT2D eigenvalue weighted by Crippen LogP contribution is -2.61. The maximum Gasteiger partial charge on any atom is 0.261 e. The van der Waals surface area contributed by atoms with Crippen LogP contribution < -0.4 is 15.0 Å². The van der Waals surface area contributed by atoms with Crippen molar-refractivity contribution in [3.05, 3.63) is 28.8 Å². The topological polar surface area (TPSA) is 94.0 Å². The lowest BCUT2D eigenvalue weighted by molar-refractivity contribution is -0.149. The van der Waals surface area contributed by atoms with Gasteiger partial charge in [0.25, 0.3) is 5.56 Å². The predicted octanol–water partition coefficient (Wildman–Crippen LogP) is 1.27. The van der Waals surface area contributed by atoms with Gasteiger partial charge in [0.1, 0.15) is 6.54 Å². The van der Waals surface area contributed by atoms with Crippen molar-refractivity contribution in [1.82, 2.24) is 19.4 Å². The van der Waals surface area contributed by atoms with E-state index >= 15 is 0 Å². The molecular formula is C23H28N4O5. The van der Waals surface area contributed by atoms with Crippen molar-refractivity contribution in [1.29, 1.82) is 0 Å². The Balaban J connectivity index is 1.36. The number of likely N-dealkylation sites (tertiary alicyclic amines) is 1. The highest BCUT2D eigenvalue weighted by atomic mass is 16.5. The van der Waals surface area contributed by atoms with E-state index in [0.717, 1.165) is 25.8 Å². The lowest BCUT2D eigenvalue weighted by atomic mass is 9.76. The van der Waals surface area contributed by atoms with Gasteiger partial charge in [-0.25, -0.2) is 4.98 Å². The highest BCUT2D eigenvalue weighted by Crippen LogP contribution is 2.38. The van der Waals surface area contributed by atoms with Crippen LogP contribution in [0.2, 0.25) is 0 Å². The van der Waals surface area contributed by atoms with Gasteiger partial charge < -0.3 is 19.3 Å². The van der Waals surface area contributed by atoms with Crippen LogP contribution in [0, 0.1) is 11.8 Å². The monoisotopic (exact) mass is 440 g/mol. The van der Waals surface area contributed by atoms with Crippen LogP contribution in [0.4, 0.5) is 0 Å². The van der Waals surface area contributed by atoms with Gasteiger partial charge in [0.15, 0.2) is 11.5 Å². The molecule has 0 radical (unpaired) electrons. The minimum Gasteiger partial charge on any atom is -0.493 e. The first-order chi connectivity index (χ1) is 15.5. The molecule has 9 nitrogen and oxygen atoms in total. The van der Waals surface area contributed by atoms with E-state index in [1.54, 1.807) is 12.1 Å². The molecule has 0 saturated carbocycles. The van der Waals surface area contributed by atoms with Crippen LogP contribution in [-0.2, 0) is 16.1 Å². The van der Waals surface area contributed by atoms with Crippen molar-refractivity contribution < 1.29 is 19.1 Å². The number of ether oxygens (including phenoxy) is 2. The zero-order chi connectivity index (χ0) is 22.4. The summed E-state index contributed by atoms with van der Waals surface area (Å²) in [5, 5.41) is 0.379. The average Bonchev–Trinajstić information content (AvgIpc) is 2.80. The molecule has 1 aromatic heterocycles. The molecule has 0 spiro atoms. The van der Waals surface area contributed by atoms with Crippen LogP contribution in [0.3, 0.4) is 0 Å². The van der Waals surface area contributed by atoms with E-state index < -0.39 is 0 Å². The molecule has 32 heavy (non-hydrogen) atoms. The fraction of sp³-hybridized carbons (Fsp3) is 0.565. The number of carbonyl (C=O) groups excluding carboxylic acids is 2. The van der Waals surface area contributed by atoms with E-state index in [2.05, 4.69) is 9.88 Å². The summed E-state index contributed by atoms with van der Waals surface area (Å²) < 4.78 is 11.9. The van der Waals surface area contributed by atoms with Gasteiger partial charge in [0.2, 0.25) is 11.8 Å². The number of piperidine rings is 3. The van der Waals surface area contributed by atoms with Gasteiger partial charge in [0.05, 0.1) is 31.4 Å². The van der Waals surface area contributed by atoms with E-state index in [-0.39, 0.29) is 30.0 Å². The molecule has 3 atom stereocenters. The fourth-order valence-corrected chi connectivity index (χ4v) is 5.66. The van der Waals surface area contributed by atoms with Crippen LogP contribution in [0.15, 0.2) is 23.3 Å². The van der Waals surface area contributed by atoms with Crippen molar-refractivity contribution in [3.63, 3.8) is 0 Å². The Bertz CT molecular complexity index is 1130. The first-order valence-electron chi connectivity index (χ1n) is 11.2. The van der Waals surface area contributed by atoms with Crippen LogP contribution in [0.25, 0.3) is 10.9 Å². The Morgan fingerprint density at radius 3 is 2.69 bits per heavy atom. The molecule has 3 fully saturated rings. The first kappa shape index (κ1) is 20.8. The number of hydrogen-bond donors (Lipinski definition) is 0. The number of carbonyl (C=O) groups is 2. The van der Waals surface area contributed by atoms with Crippen molar-refractivity contribution in [2.45, 2.75) is 38.3 Å². The van der Waals surface area contributed by atoms with E-state index in [0.29, 0.717) is 53.7 Å². The second-order valence-corrected chi connectivity index (χ2v) is 9.07. The Morgan fingerprint density at radius 2 is 1.91 bits per heavy atom. The van der Waals surface area contributed by atoms with Crippen molar-refractivity contribution in [2.75, 3.05) is 33.9 Å². The number of fused-ring (bicyclic) bond motifs is 5. The molecular weight excluding hydrogens is 412 g/mol. The standard InChI is InChI=1S/C23H28N4O5/c1-31-19-7-16-17(8-20(19)32-2)24-13-26(23(16)30)12-22(29)25-9-14-6-15(11-25)18-4-3-5-21(28)27(18)10-14/h7-8,13-15,18H,3-6,9-12H2,1-2H3/t14-,15+,18-/m1/s1. The third-order valence-corrected chi connectivity index (χ3v) is 7.17. The molecule has 3 aliphatic heterocycles. The first-order valence-corrected chi connectivity index (χ1v) is 11.2. The van der Waals surface area contributed by atoms with E-state index in [1.165, 1.54) is 25.1 Å². The quantitative estimate of drug-likeness (QED) is 0.711. The third-order valence-electron chi connectivity index (χ3n) is 7.17.